The lowest BCUT2D eigenvalue weighted by Gasteiger charge is -2.24. The zero-order valence-electron chi connectivity index (χ0n) is 18.0. The molecule has 0 bridgehead atoms. The molecule has 3 aromatic rings. The number of aliphatic carboxylic acids is 1. The standard InChI is InChI=1S/C26H21Cl3O5/c27-17-10-15(11-18(28)12-17)2-1-3-23(30)16-4-6-19(7-5-16)34-25-14-24-21(13-22(25)29)20(26(31)32)8-9-33-24/h4-7,10-14,20H,1-3,8-9H2,(H,31,32). The fourth-order valence-electron chi connectivity index (χ4n) is 3.91. The fraction of sp³-hybridized carbons (Fsp3) is 0.231. The van der Waals surface area contributed by atoms with Crippen molar-refractivity contribution in [3.05, 3.63) is 86.4 Å². The van der Waals surface area contributed by atoms with Crippen molar-refractivity contribution in [2.24, 2.45) is 0 Å². The second-order valence-corrected chi connectivity index (χ2v) is 9.31. The molecule has 1 aliphatic rings. The minimum Gasteiger partial charge on any atom is -0.493 e. The molecule has 1 aliphatic heterocycles. The largest absolute Gasteiger partial charge is 0.493 e. The zero-order chi connectivity index (χ0) is 24.2. The topological polar surface area (TPSA) is 72.8 Å². The van der Waals surface area contributed by atoms with Gasteiger partial charge in [0, 0.05) is 33.7 Å². The van der Waals surface area contributed by atoms with Gasteiger partial charge in [-0.15, -0.1) is 0 Å². The van der Waals surface area contributed by atoms with Gasteiger partial charge in [-0.25, -0.2) is 0 Å². The van der Waals surface area contributed by atoms with Gasteiger partial charge in [-0.1, -0.05) is 34.8 Å². The van der Waals surface area contributed by atoms with Crippen LogP contribution in [0.4, 0.5) is 0 Å². The van der Waals surface area contributed by atoms with Crippen LogP contribution in [0.15, 0.2) is 54.6 Å². The number of carboxylic acid groups (broad SMARTS) is 1. The van der Waals surface area contributed by atoms with Crippen molar-refractivity contribution in [2.75, 3.05) is 6.61 Å². The third-order valence-electron chi connectivity index (χ3n) is 5.60. The lowest BCUT2D eigenvalue weighted by atomic mass is 9.93. The Labute approximate surface area is 212 Å². The number of ether oxygens (including phenoxy) is 2. The lowest BCUT2D eigenvalue weighted by molar-refractivity contribution is -0.139. The molecule has 176 valence electrons. The number of hydrogen-bond acceptors (Lipinski definition) is 4. The van der Waals surface area contributed by atoms with Crippen LogP contribution in [0.2, 0.25) is 15.1 Å². The lowest BCUT2D eigenvalue weighted by Crippen LogP contribution is -2.20. The molecule has 0 fully saturated rings. The van der Waals surface area contributed by atoms with Gasteiger partial charge in [0.1, 0.15) is 17.2 Å². The van der Waals surface area contributed by atoms with Gasteiger partial charge in [0.25, 0.3) is 0 Å². The summed E-state index contributed by atoms with van der Waals surface area (Å²) in [5, 5.41) is 10.9. The highest BCUT2D eigenvalue weighted by Crippen LogP contribution is 2.41. The number of rotatable bonds is 8. The SMILES string of the molecule is O=C(CCCc1cc(Cl)cc(Cl)c1)c1ccc(Oc2cc3c(cc2Cl)C(C(=O)O)CCO3)cc1. The predicted octanol–water partition coefficient (Wildman–Crippen LogP) is 7.60. The van der Waals surface area contributed by atoms with Gasteiger partial charge in [-0.05, 0) is 73.4 Å². The molecule has 0 aromatic heterocycles. The van der Waals surface area contributed by atoms with Crippen molar-refractivity contribution < 1.29 is 24.2 Å². The number of carbonyl (C=O) groups excluding carboxylic acids is 1. The predicted molar refractivity (Wildman–Crippen MR) is 132 cm³/mol. The Kier molecular flexibility index (Phi) is 7.67. The van der Waals surface area contributed by atoms with Crippen LogP contribution in [0, 0.1) is 0 Å². The van der Waals surface area contributed by atoms with E-state index in [1.165, 1.54) is 0 Å². The third kappa shape index (κ3) is 5.84. The van der Waals surface area contributed by atoms with Crippen molar-refractivity contribution >= 4 is 46.6 Å². The van der Waals surface area contributed by atoms with E-state index in [0.29, 0.717) is 70.7 Å². The maximum absolute atomic E-state index is 12.6. The van der Waals surface area contributed by atoms with Crippen LogP contribution < -0.4 is 9.47 Å². The first kappa shape index (κ1) is 24.4. The number of fused-ring (bicyclic) bond motifs is 1. The van der Waals surface area contributed by atoms with Crippen LogP contribution in [0.25, 0.3) is 0 Å². The molecule has 1 heterocycles. The number of ketones is 1. The molecule has 0 saturated carbocycles. The molecule has 1 atom stereocenters. The number of benzene rings is 3. The zero-order valence-corrected chi connectivity index (χ0v) is 20.3. The Morgan fingerprint density at radius 2 is 1.71 bits per heavy atom. The van der Waals surface area contributed by atoms with E-state index in [0.717, 1.165) is 5.56 Å². The maximum atomic E-state index is 12.6. The summed E-state index contributed by atoms with van der Waals surface area (Å²) in [6, 6.07) is 15.4. The Balaban J connectivity index is 1.38. The third-order valence-corrected chi connectivity index (χ3v) is 6.33. The second-order valence-electron chi connectivity index (χ2n) is 8.03. The highest BCUT2D eigenvalue weighted by Gasteiger charge is 2.29. The number of carbonyl (C=O) groups is 2. The monoisotopic (exact) mass is 518 g/mol. The quantitative estimate of drug-likeness (QED) is 0.310. The molecule has 0 radical (unpaired) electrons. The van der Waals surface area contributed by atoms with Crippen LogP contribution in [0.1, 0.15) is 46.7 Å². The summed E-state index contributed by atoms with van der Waals surface area (Å²) >= 11 is 18.4. The molecule has 34 heavy (non-hydrogen) atoms. The minimum atomic E-state index is -0.911. The first-order valence-electron chi connectivity index (χ1n) is 10.8. The summed E-state index contributed by atoms with van der Waals surface area (Å²) < 4.78 is 11.5. The first-order valence-corrected chi connectivity index (χ1v) is 11.9. The van der Waals surface area contributed by atoms with E-state index in [-0.39, 0.29) is 10.8 Å². The van der Waals surface area contributed by atoms with Crippen LogP contribution in [0.5, 0.6) is 17.2 Å². The highest BCUT2D eigenvalue weighted by atomic mass is 35.5. The molecule has 5 nitrogen and oxygen atoms in total. The highest BCUT2D eigenvalue weighted by molar-refractivity contribution is 6.34. The molecule has 1 unspecified atom stereocenters. The molecule has 0 aliphatic carbocycles. The number of halogens is 3. The van der Waals surface area contributed by atoms with E-state index in [1.807, 2.05) is 12.1 Å². The van der Waals surface area contributed by atoms with E-state index in [2.05, 4.69) is 0 Å². The first-order chi connectivity index (χ1) is 16.3. The van der Waals surface area contributed by atoms with Crippen molar-refractivity contribution in [1.82, 2.24) is 0 Å². The van der Waals surface area contributed by atoms with Gasteiger partial charge in [-0.3, -0.25) is 9.59 Å². The number of aryl methyl sites for hydroxylation is 1. The van der Waals surface area contributed by atoms with Crippen LogP contribution in [0.3, 0.4) is 0 Å². The molecule has 3 aromatic carbocycles. The minimum absolute atomic E-state index is 0.0274. The number of carboxylic acids is 1. The molecule has 0 spiro atoms. The van der Waals surface area contributed by atoms with Gasteiger partial charge in [0.05, 0.1) is 17.5 Å². The Bertz CT molecular complexity index is 1200. The fourth-order valence-corrected chi connectivity index (χ4v) is 4.69. The van der Waals surface area contributed by atoms with Crippen LogP contribution in [-0.2, 0) is 11.2 Å². The van der Waals surface area contributed by atoms with E-state index >= 15 is 0 Å². The van der Waals surface area contributed by atoms with Gasteiger partial charge in [-0.2, -0.15) is 0 Å². The van der Waals surface area contributed by atoms with Crippen molar-refractivity contribution in [2.45, 2.75) is 31.6 Å². The molecule has 0 saturated heterocycles. The van der Waals surface area contributed by atoms with Gasteiger partial charge >= 0.3 is 5.97 Å². The summed E-state index contributed by atoms with van der Waals surface area (Å²) in [7, 11) is 0. The van der Waals surface area contributed by atoms with Gasteiger partial charge in [0.15, 0.2) is 5.78 Å². The average molecular weight is 520 g/mol. The number of hydrogen-bond donors (Lipinski definition) is 1. The smallest absolute Gasteiger partial charge is 0.311 e. The molecule has 1 N–H and O–H groups in total. The normalized spacial score (nSPS) is 14.7. The Hall–Kier alpha value is -2.73. The van der Waals surface area contributed by atoms with Crippen molar-refractivity contribution in [3.63, 3.8) is 0 Å². The molecular formula is C26H21Cl3O5. The Morgan fingerprint density at radius 1 is 1.00 bits per heavy atom. The van der Waals surface area contributed by atoms with Crippen LogP contribution >= 0.6 is 34.8 Å². The van der Waals surface area contributed by atoms with E-state index < -0.39 is 11.9 Å². The second kappa shape index (κ2) is 10.7. The summed E-state index contributed by atoms with van der Waals surface area (Å²) in [5.74, 6) is -0.240. The van der Waals surface area contributed by atoms with E-state index in [9.17, 15) is 14.7 Å². The van der Waals surface area contributed by atoms with E-state index in [4.69, 9.17) is 44.3 Å². The summed E-state index contributed by atoms with van der Waals surface area (Å²) in [6.45, 7) is 0.312. The average Bonchev–Trinajstić information content (AvgIpc) is 2.79. The van der Waals surface area contributed by atoms with Crippen LogP contribution in [-0.4, -0.2) is 23.5 Å². The Morgan fingerprint density at radius 3 is 2.38 bits per heavy atom. The summed E-state index contributed by atoms with van der Waals surface area (Å²) in [5.41, 5.74) is 2.12. The maximum Gasteiger partial charge on any atom is 0.311 e. The van der Waals surface area contributed by atoms with Gasteiger partial charge < -0.3 is 14.6 Å². The summed E-state index contributed by atoms with van der Waals surface area (Å²) in [6.07, 6.45) is 2.16. The summed E-state index contributed by atoms with van der Waals surface area (Å²) in [4.78, 5) is 24.0. The molecule has 4 rings (SSSR count). The van der Waals surface area contributed by atoms with Gasteiger partial charge in [0.2, 0.25) is 0 Å². The van der Waals surface area contributed by atoms with Crippen molar-refractivity contribution in [1.29, 1.82) is 0 Å². The number of Topliss-reactive ketones (excluding diaryl/α,β-unsaturated/α-hetero) is 1. The van der Waals surface area contributed by atoms with Crippen molar-refractivity contribution in [3.8, 4) is 17.2 Å². The molecule has 0 amide bonds. The molecule has 8 heteroatoms. The van der Waals surface area contributed by atoms with E-state index in [1.54, 1.807) is 42.5 Å². The molecular weight excluding hydrogens is 499 g/mol.